The van der Waals surface area contributed by atoms with E-state index in [1.807, 2.05) is 0 Å². The molecule has 0 radical (unpaired) electrons. The fourth-order valence-electron chi connectivity index (χ4n) is 2.57. The van der Waals surface area contributed by atoms with Crippen LogP contribution in [0.4, 0.5) is 11.8 Å². The third-order valence-electron chi connectivity index (χ3n) is 3.54. The number of nitrogen functional groups attached to an aromatic ring is 1. The Morgan fingerprint density at radius 3 is 2.89 bits per heavy atom. The molecule has 18 heavy (non-hydrogen) atoms. The van der Waals surface area contributed by atoms with Crippen molar-refractivity contribution in [1.82, 2.24) is 14.9 Å². The molecule has 1 unspecified atom stereocenters. The molecule has 5 nitrogen and oxygen atoms in total. The van der Waals surface area contributed by atoms with Crippen molar-refractivity contribution < 1.29 is 0 Å². The van der Waals surface area contributed by atoms with Gasteiger partial charge in [-0.25, -0.2) is 4.98 Å². The van der Waals surface area contributed by atoms with Crippen LogP contribution in [0.5, 0.6) is 0 Å². The van der Waals surface area contributed by atoms with Crippen molar-refractivity contribution in [3.05, 3.63) is 11.2 Å². The van der Waals surface area contributed by atoms with Gasteiger partial charge in [0.1, 0.15) is 5.02 Å². The van der Waals surface area contributed by atoms with Gasteiger partial charge < -0.3 is 10.6 Å². The predicted octanol–water partition coefficient (Wildman–Crippen LogP) is 1.63. The Balaban J connectivity index is 2.10. The Bertz CT molecular complexity index is 407. The largest absolute Gasteiger partial charge is 0.368 e. The fourth-order valence-corrected chi connectivity index (χ4v) is 2.78. The molecule has 2 heterocycles. The number of likely N-dealkylation sites (N-methyl/N-ethyl adjacent to an activating group) is 1. The Hall–Kier alpha value is -1.07. The lowest BCUT2D eigenvalue weighted by molar-refractivity contribution is 0.232. The highest BCUT2D eigenvalue weighted by Crippen LogP contribution is 2.27. The lowest BCUT2D eigenvalue weighted by Gasteiger charge is -2.26. The van der Waals surface area contributed by atoms with Gasteiger partial charge in [0, 0.05) is 19.1 Å². The van der Waals surface area contributed by atoms with Gasteiger partial charge in [0.05, 0.1) is 6.20 Å². The molecule has 1 saturated heterocycles. The van der Waals surface area contributed by atoms with Gasteiger partial charge >= 0.3 is 0 Å². The maximum Gasteiger partial charge on any atom is 0.222 e. The van der Waals surface area contributed by atoms with E-state index in [1.165, 1.54) is 0 Å². The number of nitrogens with zero attached hydrogens (tertiary/aromatic N) is 4. The number of anilines is 2. The van der Waals surface area contributed by atoms with Gasteiger partial charge in [-0.15, -0.1) is 0 Å². The van der Waals surface area contributed by atoms with E-state index in [1.54, 1.807) is 6.20 Å². The molecular weight excluding hydrogens is 250 g/mol. The van der Waals surface area contributed by atoms with Gasteiger partial charge in [0.15, 0.2) is 5.82 Å². The number of hydrogen-bond donors (Lipinski definition) is 1. The molecule has 1 atom stereocenters. The Morgan fingerprint density at radius 2 is 2.22 bits per heavy atom. The second kappa shape index (κ2) is 5.71. The third-order valence-corrected chi connectivity index (χ3v) is 3.80. The van der Waals surface area contributed by atoms with E-state index in [4.69, 9.17) is 17.3 Å². The third kappa shape index (κ3) is 2.67. The van der Waals surface area contributed by atoms with Crippen LogP contribution < -0.4 is 10.6 Å². The zero-order chi connectivity index (χ0) is 13.1. The first-order valence-electron chi connectivity index (χ1n) is 6.42. The van der Waals surface area contributed by atoms with Crippen molar-refractivity contribution in [3.8, 4) is 0 Å². The van der Waals surface area contributed by atoms with E-state index >= 15 is 0 Å². The molecule has 0 amide bonds. The van der Waals surface area contributed by atoms with Crippen LogP contribution in [0.3, 0.4) is 0 Å². The van der Waals surface area contributed by atoms with Gasteiger partial charge in [0.25, 0.3) is 0 Å². The van der Waals surface area contributed by atoms with E-state index in [2.05, 4.69) is 33.6 Å². The topological polar surface area (TPSA) is 58.3 Å². The van der Waals surface area contributed by atoms with E-state index in [0.717, 1.165) is 38.4 Å². The quantitative estimate of drug-likeness (QED) is 0.900. The van der Waals surface area contributed by atoms with Crippen molar-refractivity contribution in [1.29, 1.82) is 0 Å². The number of hydrogen-bond acceptors (Lipinski definition) is 5. The normalized spacial score (nSPS) is 19.8. The molecule has 1 fully saturated rings. The summed E-state index contributed by atoms with van der Waals surface area (Å²) < 4.78 is 0. The summed E-state index contributed by atoms with van der Waals surface area (Å²) in [6.07, 6.45) is 2.71. The van der Waals surface area contributed by atoms with Crippen LogP contribution in [0, 0.1) is 0 Å². The molecule has 1 aromatic heterocycles. The summed E-state index contributed by atoms with van der Waals surface area (Å²) in [5.41, 5.74) is 5.62. The van der Waals surface area contributed by atoms with E-state index < -0.39 is 0 Å². The minimum Gasteiger partial charge on any atom is -0.368 e. The first-order chi connectivity index (χ1) is 8.65. The molecule has 100 valence electrons. The second-order valence-corrected chi connectivity index (χ2v) is 4.92. The van der Waals surface area contributed by atoms with Crippen molar-refractivity contribution in [2.45, 2.75) is 26.3 Å². The monoisotopic (exact) mass is 269 g/mol. The van der Waals surface area contributed by atoms with E-state index in [0.29, 0.717) is 11.1 Å². The maximum atomic E-state index is 6.14. The minimum atomic E-state index is 0.278. The van der Waals surface area contributed by atoms with Crippen molar-refractivity contribution in [3.63, 3.8) is 0 Å². The zero-order valence-corrected chi connectivity index (χ0v) is 11.7. The highest BCUT2D eigenvalue weighted by Gasteiger charge is 2.28. The molecule has 1 aromatic rings. The van der Waals surface area contributed by atoms with Crippen LogP contribution in [-0.2, 0) is 0 Å². The van der Waals surface area contributed by atoms with Crippen LogP contribution in [0.25, 0.3) is 0 Å². The lowest BCUT2D eigenvalue weighted by Crippen LogP contribution is -2.37. The first kappa shape index (κ1) is 13.4. The second-order valence-electron chi connectivity index (χ2n) is 4.51. The lowest BCUT2D eigenvalue weighted by atomic mass is 10.2. The maximum absolute atomic E-state index is 6.14. The van der Waals surface area contributed by atoms with Gasteiger partial charge in [-0.05, 0) is 19.5 Å². The highest BCUT2D eigenvalue weighted by atomic mass is 35.5. The fraction of sp³-hybridized carbons (Fsp3) is 0.667. The Morgan fingerprint density at radius 1 is 1.50 bits per heavy atom. The molecule has 0 saturated carbocycles. The molecule has 1 aliphatic rings. The van der Waals surface area contributed by atoms with Gasteiger partial charge in [-0.2, -0.15) is 4.98 Å². The summed E-state index contributed by atoms with van der Waals surface area (Å²) >= 11 is 6.14. The summed E-state index contributed by atoms with van der Waals surface area (Å²) in [4.78, 5) is 12.8. The average Bonchev–Trinajstić information content (AvgIpc) is 2.83. The molecule has 0 aromatic carbocycles. The van der Waals surface area contributed by atoms with Gasteiger partial charge in [0.2, 0.25) is 5.95 Å². The number of nitrogens with two attached hydrogens (primary N) is 1. The Kier molecular flexibility index (Phi) is 4.24. The van der Waals surface area contributed by atoms with Gasteiger partial charge in [-0.3, -0.25) is 4.90 Å². The smallest absolute Gasteiger partial charge is 0.222 e. The van der Waals surface area contributed by atoms with E-state index in [-0.39, 0.29) is 5.95 Å². The number of aromatic nitrogens is 2. The average molecular weight is 270 g/mol. The molecule has 2 N–H and O–H groups in total. The number of rotatable bonds is 4. The van der Waals surface area contributed by atoms with Crippen molar-refractivity contribution >= 4 is 23.4 Å². The van der Waals surface area contributed by atoms with Crippen LogP contribution in [0.1, 0.15) is 20.3 Å². The molecule has 6 heteroatoms. The molecule has 1 aliphatic heterocycles. The highest BCUT2D eigenvalue weighted by molar-refractivity contribution is 6.32. The SMILES string of the molecule is CCN(CC)C1CCN(c2nc(N)ncc2Cl)C1. The molecular formula is C12H20ClN5. The van der Waals surface area contributed by atoms with Crippen molar-refractivity contribution in [2.24, 2.45) is 0 Å². The summed E-state index contributed by atoms with van der Waals surface area (Å²) in [6, 6.07) is 0.576. The van der Waals surface area contributed by atoms with Crippen LogP contribution in [-0.4, -0.2) is 47.1 Å². The summed E-state index contributed by atoms with van der Waals surface area (Å²) in [7, 11) is 0. The van der Waals surface area contributed by atoms with Crippen LogP contribution in [0.15, 0.2) is 6.20 Å². The summed E-state index contributed by atoms with van der Waals surface area (Å²) in [5, 5.41) is 0.574. The first-order valence-corrected chi connectivity index (χ1v) is 6.80. The predicted molar refractivity (Wildman–Crippen MR) is 75.0 cm³/mol. The summed E-state index contributed by atoms with van der Waals surface area (Å²) in [5.74, 6) is 1.04. The molecule has 0 spiro atoms. The molecule has 0 aliphatic carbocycles. The Labute approximate surface area is 113 Å². The van der Waals surface area contributed by atoms with Gasteiger partial charge in [-0.1, -0.05) is 25.4 Å². The van der Waals surface area contributed by atoms with Crippen molar-refractivity contribution in [2.75, 3.05) is 36.8 Å². The molecule has 2 rings (SSSR count). The zero-order valence-electron chi connectivity index (χ0n) is 10.9. The minimum absolute atomic E-state index is 0.278. The summed E-state index contributed by atoms with van der Waals surface area (Å²) in [6.45, 7) is 8.47. The standard InChI is InChI=1S/C12H20ClN5/c1-3-17(4-2)9-5-6-18(8-9)11-10(13)7-15-12(14)16-11/h7,9H,3-6,8H2,1-2H3,(H2,14,15,16). The number of halogens is 1. The molecule has 0 bridgehead atoms. The van der Waals surface area contributed by atoms with Crippen LogP contribution >= 0.6 is 11.6 Å². The van der Waals surface area contributed by atoms with Crippen LogP contribution in [0.2, 0.25) is 5.02 Å². The van der Waals surface area contributed by atoms with E-state index in [9.17, 15) is 0 Å².